The number of hydrogen-bond donors (Lipinski definition) is 2. The van der Waals surface area contributed by atoms with Crippen molar-refractivity contribution in [1.29, 1.82) is 0 Å². The van der Waals surface area contributed by atoms with Crippen molar-refractivity contribution in [2.75, 3.05) is 0 Å². The van der Waals surface area contributed by atoms with Crippen LogP contribution < -0.4 is 5.56 Å². The van der Waals surface area contributed by atoms with Crippen LogP contribution in [0.4, 0.5) is 0 Å². The van der Waals surface area contributed by atoms with E-state index in [4.69, 9.17) is 16.7 Å². The summed E-state index contributed by atoms with van der Waals surface area (Å²) in [5, 5.41) is 8.47. The van der Waals surface area contributed by atoms with Crippen LogP contribution in [-0.4, -0.2) is 21.0 Å². The molecule has 0 unspecified atom stereocenters. The lowest BCUT2D eigenvalue weighted by atomic mass is 10.2. The van der Waals surface area contributed by atoms with Gasteiger partial charge in [0, 0.05) is 6.42 Å². The molecule has 0 aliphatic heterocycles. The summed E-state index contributed by atoms with van der Waals surface area (Å²) >= 11 is 5.66. The molecule has 5 nitrogen and oxygen atoms in total. The van der Waals surface area contributed by atoms with Gasteiger partial charge in [0.15, 0.2) is 0 Å². The van der Waals surface area contributed by atoms with Crippen molar-refractivity contribution in [1.82, 2.24) is 9.97 Å². The quantitative estimate of drug-likeness (QED) is 0.726. The van der Waals surface area contributed by atoms with Crippen molar-refractivity contribution >= 4 is 17.6 Å². The first kappa shape index (κ1) is 10.7. The van der Waals surface area contributed by atoms with Gasteiger partial charge in [-0.05, 0) is 0 Å². The molecule has 1 aromatic rings. The standard InChI is InChI=1S/C8H9ClN2O3/c1-2-5-10-7(9)4(3-6(12)13)8(14)11-5/h2-3H2,1H3,(H,12,13)(H,10,11,14). The van der Waals surface area contributed by atoms with Crippen molar-refractivity contribution in [2.24, 2.45) is 0 Å². The van der Waals surface area contributed by atoms with Crippen molar-refractivity contribution in [3.05, 3.63) is 26.9 Å². The Hall–Kier alpha value is -1.36. The first-order valence-corrected chi connectivity index (χ1v) is 4.41. The summed E-state index contributed by atoms with van der Waals surface area (Å²) in [6.45, 7) is 1.81. The van der Waals surface area contributed by atoms with Gasteiger partial charge in [0.05, 0.1) is 12.0 Å². The molecule has 0 saturated heterocycles. The van der Waals surface area contributed by atoms with Crippen LogP contribution in [-0.2, 0) is 17.6 Å². The van der Waals surface area contributed by atoms with Crippen LogP contribution in [0, 0.1) is 0 Å². The summed E-state index contributed by atoms with van der Waals surface area (Å²) in [5.74, 6) is -0.655. The zero-order valence-corrected chi connectivity index (χ0v) is 8.26. The smallest absolute Gasteiger partial charge is 0.308 e. The molecule has 0 aromatic carbocycles. The number of rotatable bonds is 3. The van der Waals surface area contributed by atoms with E-state index in [0.29, 0.717) is 12.2 Å². The predicted molar refractivity (Wildman–Crippen MR) is 50.6 cm³/mol. The van der Waals surface area contributed by atoms with E-state index in [1.165, 1.54) is 0 Å². The number of carbonyl (C=O) groups is 1. The summed E-state index contributed by atoms with van der Waals surface area (Å²) in [7, 11) is 0. The minimum atomic E-state index is -1.11. The van der Waals surface area contributed by atoms with Gasteiger partial charge in [0.25, 0.3) is 5.56 Å². The van der Waals surface area contributed by atoms with Gasteiger partial charge in [-0.25, -0.2) is 4.98 Å². The zero-order chi connectivity index (χ0) is 10.7. The van der Waals surface area contributed by atoms with E-state index in [0.717, 1.165) is 0 Å². The number of aromatic nitrogens is 2. The molecular formula is C8H9ClN2O3. The number of aliphatic carboxylic acids is 1. The van der Waals surface area contributed by atoms with Gasteiger partial charge in [-0.2, -0.15) is 0 Å². The second kappa shape index (κ2) is 4.23. The molecule has 0 bridgehead atoms. The number of H-pyrrole nitrogens is 1. The highest BCUT2D eigenvalue weighted by atomic mass is 35.5. The first-order chi connectivity index (χ1) is 6.54. The lowest BCUT2D eigenvalue weighted by Crippen LogP contribution is -2.19. The lowest BCUT2D eigenvalue weighted by Gasteiger charge is -2.01. The van der Waals surface area contributed by atoms with E-state index in [1.54, 1.807) is 0 Å². The van der Waals surface area contributed by atoms with Crippen LogP contribution in [0.25, 0.3) is 0 Å². The lowest BCUT2D eigenvalue weighted by molar-refractivity contribution is -0.136. The number of carboxylic acids is 1. The maximum absolute atomic E-state index is 11.3. The third-order valence-electron chi connectivity index (χ3n) is 1.68. The summed E-state index contributed by atoms with van der Waals surface area (Å²) in [5.41, 5.74) is -0.486. The SMILES string of the molecule is CCc1nc(Cl)c(CC(=O)O)c(=O)[nH]1. The van der Waals surface area contributed by atoms with Gasteiger partial charge in [-0.15, -0.1) is 0 Å². The molecule has 0 atom stereocenters. The third kappa shape index (κ3) is 2.32. The molecule has 0 spiro atoms. The van der Waals surface area contributed by atoms with Gasteiger partial charge in [0.1, 0.15) is 11.0 Å². The maximum Gasteiger partial charge on any atom is 0.308 e. The molecule has 0 aliphatic rings. The fourth-order valence-electron chi connectivity index (χ4n) is 0.986. The highest BCUT2D eigenvalue weighted by Crippen LogP contribution is 2.08. The Labute approximate surface area is 84.8 Å². The second-order valence-corrected chi connectivity index (χ2v) is 3.06. The monoisotopic (exact) mass is 216 g/mol. The van der Waals surface area contributed by atoms with Crippen LogP contribution in [0.15, 0.2) is 4.79 Å². The third-order valence-corrected chi connectivity index (χ3v) is 1.99. The second-order valence-electron chi connectivity index (χ2n) is 2.71. The van der Waals surface area contributed by atoms with E-state index in [9.17, 15) is 9.59 Å². The molecule has 6 heteroatoms. The first-order valence-electron chi connectivity index (χ1n) is 4.04. The predicted octanol–water partition coefficient (Wildman–Crippen LogP) is 0.613. The van der Waals surface area contributed by atoms with Crippen LogP contribution in [0.5, 0.6) is 0 Å². The topological polar surface area (TPSA) is 83.0 Å². The highest BCUT2D eigenvalue weighted by Gasteiger charge is 2.12. The Bertz CT molecular complexity index is 414. The average Bonchev–Trinajstić information content (AvgIpc) is 2.10. The van der Waals surface area contributed by atoms with E-state index in [2.05, 4.69) is 9.97 Å². The number of aryl methyl sites for hydroxylation is 1. The maximum atomic E-state index is 11.3. The Morgan fingerprint density at radius 2 is 2.29 bits per heavy atom. The number of aromatic amines is 1. The molecule has 14 heavy (non-hydrogen) atoms. The molecule has 0 radical (unpaired) electrons. The number of hydrogen-bond acceptors (Lipinski definition) is 3. The minimum Gasteiger partial charge on any atom is -0.481 e. The molecule has 76 valence electrons. The Kier molecular flexibility index (Phi) is 3.24. The number of nitrogens with one attached hydrogen (secondary N) is 1. The van der Waals surface area contributed by atoms with Gasteiger partial charge in [-0.3, -0.25) is 9.59 Å². The van der Waals surface area contributed by atoms with E-state index in [1.807, 2.05) is 6.92 Å². The highest BCUT2D eigenvalue weighted by molar-refractivity contribution is 6.30. The minimum absolute atomic E-state index is 0.00336. The molecule has 2 N–H and O–H groups in total. The van der Waals surface area contributed by atoms with Crippen molar-refractivity contribution in [3.63, 3.8) is 0 Å². The fourth-order valence-corrected chi connectivity index (χ4v) is 1.24. The summed E-state index contributed by atoms with van der Waals surface area (Å²) < 4.78 is 0. The summed E-state index contributed by atoms with van der Waals surface area (Å²) in [4.78, 5) is 28.0. The van der Waals surface area contributed by atoms with Crippen LogP contribution in [0.1, 0.15) is 18.3 Å². The van der Waals surface area contributed by atoms with Crippen molar-refractivity contribution in [2.45, 2.75) is 19.8 Å². The van der Waals surface area contributed by atoms with E-state index in [-0.39, 0.29) is 10.7 Å². The number of nitrogens with zero attached hydrogens (tertiary/aromatic N) is 1. The summed E-state index contributed by atoms with van der Waals surface area (Å²) in [6, 6.07) is 0. The number of halogens is 1. The molecule has 0 saturated carbocycles. The van der Waals surface area contributed by atoms with Crippen LogP contribution in [0.3, 0.4) is 0 Å². The van der Waals surface area contributed by atoms with Crippen molar-refractivity contribution < 1.29 is 9.90 Å². The molecule has 0 fully saturated rings. The Morgan fingerprint density at radius 1 is 1.64 bits per heavy atom. The molecule has 1 rings (SSSR count). The Morgan fingerprint density at radius 3 is 2.71 bits per heavy atom. The fraction of sp³-hybridized carbons (Fsp3) is 0.375. The molecule has 1 heterocycles. The molecular weight excluding hydrogens is 208 g/mol. The Balaban J connectivity index is 3.18. The van der Waals surface area contributed by atoms with Gasteiger partial charge >= 0.3 is 5.97 Å². The zero-order valence-electron chi connectivity index (χ0n) is 7.50. The average molecular weight is 217 g/mol. The number of carboxylic acid groups (broad SMARTS) is 1. The molecule has 1 aromatic heterocycles. The largest absolute Gasteiger partial charge is 0.481 e. The van der Waals surface area contributed by atoms with E-state index < -0.39 is 17.9 Å². The van der Waals surface area contributed by atoms with Crippen LogP contribution >= 0.6 is 11.6 Å². The van der Waals surface area contributed by atoms with Crippen LogP contribution in [0.2, 0.25) is 5.15 Å². The van der Waals surface area contributed by atoms with Crippen molar-refractivity contribution in [3.8, 4) is 0 Å². The van der Waals surface area contributed by atoms with Gasteiger partial charge in [0.2, 0.25) is 0 Å². The normalized spacial score (nSPS) is 10.1. The van der Waals surface area contributed by atoms with Gasteiger partial charge in [-0.1, -0.05) is 18.5 Å². The molecule has 0 aliphatic carbocycles. The molecule has 0 amide bonds. The summed E-state index contributed by atoms with van der Waals surface area (Å²) in [6.07, 6.45) is 0.132. The van der Waals surface area contributed by atoms with Gasteiger partial charge < -0.3 is 10.1 Å². The van der Waals surface area contributed by atoms with E-state index >= 15 is 0 Å².